The third-order valence-corrected chi connectivity index (χ3v) is 5.76. The first-order valence-electron chi connectivity index (χ1n) is 9.81. The Labute approximate surface area is 195 Å². The fraction of sp³-hybridized carbons (Fsp3) is 0.0870. The topological polar surface area (TPSA) is 55.1 Å². The van der Waals surface area contributed by atoms with E-state index < -0.39 is 11.7 Å². The van der Waals surface area contributed by atoms with Crippen LogP contribution in [0, 0.1) is 0 Å². The van der Waals surface area contributed by atoms with Gasteiger partial charge in [-0.2, -0.15) is 17.7 Å². The molecule has 33 heavy (non-hydrogen) atoms. The lowest BCUT2D eigenvalue weighted by atomic mass is 10.1. The van der Waals surface area contributed by atoms with Crippen molar-refractivity contribution in [3.05, 3.63) is 87.9 Å². The Morgan fingerprint density at radius 2 is 1.76 bits per heavy atom. The van der Waals surface area contributed by atoms with E-state index in [1.165, 1.54) is 10.6 Å². The van der Waals surface area contributed by atoms with E-state index in [-0.39, 0.29) is 11.3 Å². The van der Waals surface area contributed by atoms with E-state index in [9.17, 15) is 13.2 Å². The van der Waals surface area contributed by atoms with Gasteiger partial charge in [-0.3, -0.25) is 0 Å². The van der Waals surface area contributed by atoms with Crippen LogP contribution in [0.3, 0.4) is 0 Å². The first kappa shape index (κ1) is 21.5. The zero-order valence-electron chi connectivity index (χ0n) is 16.7. The summed E-state index contributed by atoms with van der Waals surface area (Å²) in [4.78, 5) is 4.67. The van der Waals surface area contributed by atoms with Crippen molar-refractivity contribution in [1.29, 1.82) is 0 Å². The minimum Gasteiger partial charge on any atom is -0.365 e. The van der Waals surface area contributed by atoms with E-state index >= 15 is 0 Å². The number of fused-ring (bicyclic) bond motifs is 3. The number of aromatic nitrogens is 4. The maximum atomic E-state index is 13.2. The van der Waals surface area contributed by atoms with Crippen LogP contribution in [0.15, 0.2) is 66.7 Å². The first-order chi connectivity index (χ1) is 15.8. The molecule has 2 aromatic heterocycles. The number of hydrogen-bond acceptors (Lipinski definition) is 4. The second kappa shape index (κ2) is 8.20. The van der Waals surface area contributed by atoms with Crippen LogP contribution in [-0.4, -0.2) is 19.8 Å². The zero-order chi connectivity index (χ0) is 23.2. The Morgan fingerprint density at radius 3 is 2.55 bits per heavy atom. The fourth-order valence-corrected chi connectivity index (χ4v) is 4.05. The van der Waals surface area contributed by atoms with Crippen molar-refractivity contribution in [2.45, 2.75) is 12.7 Å². The summed E-state index contributed by atoms with van der Waals surface area (Å²) in [7, 11) is 0. The molecule has 0 spiro atoms. The van der Waals surface area contributed by atoms with E-state index in [0.717, 1.165) is 23.1 Å². The van der Waals surface area contributed by atoms with Gasteiger partial charge in [-0.25, -0.2) is 4.98 Å². The third kappa shape index (κ3) is 4.07. The molecular formula is C23H14Cl2F3N5. The molecule has 3 aromatic carbocycles. The highest BCUT2D eigenvalue weighted by molar-refractivity contribution is 6.35. The minimum absolute atomic E-state index is 0.249. The van der Waals surface area contributed by atoms with Crippen molar-refractivity contribution in [3.8, 4) is 11.3 Å². The molecule has 0 atom stereocenters. The normalized spacial score (nSPS) is 11.9. The van der Waals surface area contributed by atoms with Crippen molar-refractivity contribution in [2.24, 2.45) is 0 Å². The van der Waals surface area contributed by atoms with Crippen LogP contribution in [0.1, 0.15) is 11.1 Å². The van der Waals surface area contributed by atoms with Gasteiger partial charge in [-0.1, -0.05) is 58.7 Å². The van der Waals surface area contributed by atoms with E-state index in [1.807, 2.05) is 30.3 Å². The number of benzene rings is 3. The second-order valence-corrected chi connectivity index (χ2v) is 8.16. The molecule has 0 saturated carbocycles. The molecule has 0 fully saturated rings. The van der Waals surface area contributed by atoms with Crippen LogP contribution in [-0.2, 0) is 12.7 Å². The van der Waals surface area contributed by atoms with Crippen molar-refractivity contribution < 1.29 is 13.2 Å². The molecule has 0 aliphatic carbocycles. The summed E-state index contributed by atoms with van der Waals surface area (Å²) in [6.45, 7) is 0.365. The zero-order valence-corrected chi connectivity index (χ0v) is 18.2. The summed E-state index contributed by atoms with van der Waals surface area (Å²) in [5, 5.41) is 13.4. The van der Waals surface area contributed by atoms with Crippen LogP contribution in [0.5, 0.6) is 0 Å². The molecule has 5 nitrogen and oxygen atoms in total. The molecule has 0 unspecified atom stereocenters. The van der Waals surface area contributed by atoms with Gasteiger partial charge >= 0.3 is 6.18 Å². The average molecular weight is 488 g/mol. The highest BCUT2D eigenvalue weighted by atomic mass is 35.5. The van der Waals surface area contributed by atoms with Gasteiger partial charge in [-0.15, -0.1) is 5.10 Å². The summed E-state index contributed by atoms with van der Waals surface area (Å²) in [5.74, 6) is 0.527. The van der Waals surface area contributed by atoms with Gasteiger partial charge in [0.2, 0.25) is 0 Å². The molecule has 2 heterocycles. The van der Waals surface area contributed by atoms with Crippen LogP contribution < -0.4 is 5.32 Å². The summed E-state index contributed by atoms with van der Waals surface area (Å²) in [6.07, 6.45) is -4.47. The molecule has 10 heteroatoms. The number of nitrogens with one attached hydrogen (secondary N) is 1. The maximum Gasteiger partial charge on any atom is 0.416 e. The molecule has 166 valence electrons. The smallest absolute Gasteiger partial charge is 0.365 e. The number of para-hydroxylation sites is 1. The van der Waals surface area contributed by atoms with Crippen molar-refractivity contribution in [2.75, 3.05) is 5.32 Å². The molecule has 0 radical (unpaired) electrons. The molecule has 0 saturated heterocycles. The molecular weight excluding hydrogens is 474 g/mol. The summed E-state index contributed by atoms with van der Waals surface area (Å²) in [6, 6.07) is 17.6. The molecule has 0 bridgehead atoms. The number of anilines is 1. The van der Waals surface area contributed by atoms with E-state index in [0.29, 0.717) is 33.6 Å². The van der Waals surface area contributed by atoms with Crippen LogP contribution in [0.2, 0.25) is 10.0 Å². The predicted molar refractivity (Wildman–Crippen MR) is 123 cm³/mol. The fourth-order valence-electron chi connectivity index (χ4n) is 3.57. The molecule has 0 aliphatic heterocycles. The second-order valence-electron chi connectivity index (χ2n) is 7.32. The Hall–Kier alpha value is -3.36. The Kier molecular flexibility index (Phi) is 5.34. The highest BCUT2D eigenvalue weighted by Crippen LogP contribution is 2.34. The number of alkyl halides is 3. The number of halogens is 5. The van der Waals surface area contributed by atoms with E-state index in [4.69, 9.17) is 23.2 Å². The van der Waals surface area contributed by atoms with Gasteiger partial charge in [0.1, 0.15) is 11.5 Å². The van der Waals surface area contributed by atoms with Crippen LogP contribution in [0.25, 0.3) is 27.8 Å². The lowest BCUT2D eigenvalue weighted by Crippen LogP contribution is -2.06. The number of nitrogens with zero attached hydrogens (tertiary/aromatic N) is 4. The standard InChI is InChI=1S/C23H14Cl2F3N5/c24-16-9-8-14(18(25)11-16)12-29-21-17-6-1-2-7-19(17)33-22(30-21)20(31-32-33)13-4-3-5-15(10-13)23(26,27)28/h1-11H,12H2,(H,29,30). The summed E-state index contributed by atoms with van der Waals surface area (Å²) >= 11 is 12.3. The van der Waals surface area contributed by atoms with Gasteiger partial charge < -0.3 is 5.32 Å². The minimum atomic E-state index is -4.47. The van der Waals surface area contributed by atoms with Crippen LogP contribution >= 0.6 is 23.2 Å². The van der Waals surface area contributed by atoms with Crippen molar-refractivity contribution in [1.82, 2.24) is 19.8 Å². The highest BCUT2D eigenvalue weighted by Gasteiger charge is 2.31. The molecule has 0 amide bonds. The van der Waals surface area contributed by atoms with Gasteiger partial charge in [-0.05, 0) is 42.0 Å². The molecule has 0 aliphatic rings. The Balaban J connectivity index is 1.63. The Bertz CT molecular complexity index is 1500. The first-order valence-corrected chi connectivity index (χ1v) is 10.6. The quantitative estimate of drug-likeness (QED) is 0.300. The van der Waals surface area contributed by atoms with Gasteiger partial charge in [0.05, 0.1) is 11.1 Å². The monoisotopic (exact) mass is 487 g/mol. The van der Waals surface area contributed by atoms with E-state index in [1.54, 1.807) is 18.2 Å². The van der Waals surface area contributed by atoms with E-state index in [2.05, 4.69) is 20.6 Å². The average Bonchev–Trinajstić information content (AvgIpc) is 3.22. The van der Waals surface area contributed by atoms with Crippen molar-refractivity contribution in [3.63, 3.8) is 0 Å². The molecule has 1 N–H and O–H groups in total. The third-order valence-electron chi connectivity index (χ3n) is 5.18. The van der Waals surface area contributed by atoms with Gasteiger partial charge in [0.25, 0.3) is 0 Å². The molecule has 5 aromatic rings. The predicted octanol–water partition coefficient (Wildman–Crippen LogP) is 6.88. The number of rotatable bonds is 4. The van der Waals surface area contributed by atoms with Crippen molar-refractivity contribution >= 4 is 45.6 Å². The Morgan fingerprint density at radius 1 is 0.939 bits per heavy atom. The van der Waals surface area contributed by atoms with Crippen LogP contribution in [0.4, 0.5) is 19.0 Å². The largest absolute Gasteiger partial charge is 0.416 e. The maximum absolute atomic E-state index is 13.2. The number of hydrogen-bond donors (Lipinski definition) is 1. The van der Waals surface area contributed by atoms with Gasteiger partial charge in [0, 0.05) is 27.5 Å². The lowest BCUT2D eigenvalue weighted by molar-refractivity contribution is -0.137. The van der Waals surface area contributed by atoms with Gasteiger partial charge in [0.15, 0.2) is 5.65 Å². The lowest BCUT2D eigenvalue weighted by Gasteiger charge is -2.12. The summed E-state index contributed by atoms with van der Waals surface area (Å²) < 4.78 is 41.2. The SMILES string of the molecule is FC(F)(F)c1cccc(-c2nnn3c2nc(NCc2ccc(Cl)cc2Cl)c2ccccc23)c1. The molecule has 5 rings (SSSR count). The summed E-state index contributed by atoms with van der Waals surface area (Å²) in [5.41, 5.74) is 1.61.